The van der Waals surface area contributed by atoms with Gasteiger partial charge in [0.1, 0.15) is 24.7 Å². The lowest BCUT2D eigenvalue weighted by Crippen LogP contribution is -2.23. The Hall–Kier alpha value is -4.96. The number of ether oxygens (including phenoxy) is 3. The van der Waals surface area contributed by atoms with Gasteiger partial charge in [-0.3, -0.25) is 4.79 Å². The van der Waals surface area contributed by atoms with Gasteiger partial charge in [-0.2, -0.15) is 14.6 Å². The second-order valence-corrected chi connectivity index (χ2v) is 11.2. The van der Waals surface area contributed by atoms with E-state index in [2.05, 4.69) is 17.0 Å². The van der Waals surface area contributed by atoms with Gasteiger partial charge in [0, 0.05) is 22.9 Å². The van der Waals surface area contributed by atoms with E-state index in [9.17, 15) is 4.79 Å². The summed E-state index contributed by atoms with van der Waals surface area (Å²) in [5.74, 6) is 2.70. The smallest absolute Gasteiger partial charge is 0.291 e. The Kier molecular flexibility index (Phi) is 7.34. The average Bonchev–Trinajstić information content (AvgIpc) is 3.75. The molecular formula is C33H29N5O4S. The van der Waals surface area contributed by atoms with Crippen LogP contribution in [0.15, 0.2) is 83.8 Å². The molecule has 0 spiro atoms. The summed E-state index contributed by atoms with van der Waals surface area (Å²) in [6.07, 6.45) is 7.12. The minimum absolute atomic E-state index is 0.227. The first-order valence-corrected chi connectivity index (χ1v) is 15.2. The van der Waals surface area contributed by atoms with Crippen molar-refractivity contribution in [2.75, 3.05) is 19.8 Å². The SMILES string of the molecule is CCCCCOc1ccc(-c2nc3sc(=Cc4cn(-c5ccccc5)nc4-c4ccc5c(c4)OCCO5)c(=O)n3n2)cc1. The molecule has 1 aliphatic rings. The Morgan fingerprint density at radius 2 is 1.72 bits per heavy atom. The van der Waals surface area contributed by atoms with Crippen molar-refractivity contribution in [2.24, 2.45) is 0 Å². The minimum Gasteiger partial charge on any atom is -0.494 e. The molecule has 3 aromatic carbocycles. The number of para-hydroxylation sites is 1. The quantitative estimate of drug-likeness (QED) is 0.203. The number of aromatic nitrogens is 5. The fourth-order valence-electron chi connectivity index (χ4n) is 4.96. The Bertz CT molecular complexity index is 2000. The number of hydrogen-bond acceptors (Lipinski definition) is 8. The van der Waals surface area contributed by atoms with E-state index in [0.717, 1.165) is 53.1 Å². The van der Waals surface area contributed by atoms with Crippen LogP contribution >= 0.6 is 11.3 Å². The Morgan fingerprint density at radius 3 is 2.51 bits per heavy atom. The molecule has 4 heterocycles. The first-order valence-electron chi connectivity index (χ1n) is 14.4. The van der Waals surface area contributed by atoms with Crippen LogP contribution in [0.25, 0.3) is 39.4 Å². The molecule has 0 bridgehead atoms. The first kappa shape index (κ1) is 26.9. The van der Waals surface area contributed by atoms with Crippen LogP contribution in [0.1, 0.15) is 31.7 Å². The third-order valence-electron chi connectivity index (χ3n) is 7.18. The number of unbranched alkanes of at least 4 members (excludes halogenated alkanes) is 2. The lowest BCUT2D eigenvalue weighted by Gasteiger charge is -2.18. The summed E-state index contributed by atoms with van der Waals surface area (Å²) in [5, 5.41) is 9.43. The van der Waals surface area contributed by atoms with Crippen LogP contribution in [0.2, 0.25) is 0 Å². The predicted molar refractivity (Wildman–Crippen MR) is 166 cm³/mol. The highest BCUT2D eigenvalue weighted by Crippen LogP contribution is 2.35. The van der Waals surface area contributed by atoms with Gasteiger partial charge in [0.05, 0.1) is 16.8 Å². The van der Waals surface area contributed by atoms with Gasteiger partial charge < -0.3 is 14.2 Å². The molecule has 216 valence electrons. The van der Waals surface area contributed by atoms with Crippen molar-refractivity contribution in [3.63, 3.8) is 0 Å². The molecule has 10 heteroatoms. The Labute approximate surface area is 251 Å². The van der Waals surface area contributed by atoms with Gasteiger partial charge in [0.25, 0.3) is 5.56 Å². The van der Waals surface area contributed by atoms with Gasteiger partial charge in [-0.25, -0.2) is 4.68 Å². The van der Waals surface area contributed by atoms with Gasteiger partial charge in [-0.1, -0.05) is 49.3 Å². The highest BCUT2D eigenvalue weighted by Gasteiger charge is 2.18. The molecule has 0 saturated carbocycles. The minimum atomic E-state index is -0.227. The lowest BCUT2D eigenvalue weighted by atomic mass is 10.1. The normalized spacial score (nSPS) is 13.1. The molecule has 0 atom stereocenters. The second kappa shape index (κ2) is 11.7. The maximum atomic E-state index is 13.5. The predicted octanol–water partition coefficient (Wildman–Crippen LogP) is 5.56. The maximum absolute atomic E-state index is 13.5. The summed E-state index contributed by atoms with van der Waals surface area (Å²) in [5.41, 5.74) is 3.88. The zero-order chi connectivity index (χ0) is 29.2. The summed E-state index contributed by atoms with van der Waals surface area (Å²) in [6, 6.07) is 23.3. The van der Waals surface area contributed by atoms with Crippen molar-refractivity contribution in [1.29, 1.82) is 0 Å². The molecule has 7 rings (SSSR count). The van der Waals surface area contributed by atoms with Crippen molar-refractivity contribution in [2.45, 2.75) is 26.2 Å². The van der Waals surface area contributed by atoms with Gasteiger partial charge in [-0.15, -0.1) is 5.10 Å². The maximum Gasteiger partial charge on any atom is 0.291 e. The molecule has 3 aromatic heterocycles. The summed E-state index contributed by atoms with van der Waals surface area (Å²) in [6.45, 7) is 3.89. The van der Waals surface area contributed by atoms with Crippen LogP contribution in [0.3, 0.4) is 0 Å². The highest BCUT2D eigenvalue weighted by atomic mass is 32.1. The van der Waals surface area contributed by atoms with E-state index < -0.39 is 0 Å². The summed E-state index contributed by atoms with van der Waals surface area (Å²) >= 11 is 1.30. The monoisotopic (exact) mass is 591 g/mol. The van der Waals surface area contributed by atoms with Crippen molar-refractivity contribution < 1.29 is 14.2 Å². The van der Waals surface area contributed by atoms with E-state index in [1.165, 1.54) is 15.9 Å². The third-order valence-corrected chi connectivity index (χ3v) is 8.14. The topological polar surface area (TPSA) is 92.8 Å². The van der Waals surface area contributed by atoms with Gasteiger partial charge in [0.2, 0.25) is 4.96 Å². The molecule has 0 amide bonds. The number of rotatable bonds is 9. The van der Waals surface area contributed by atoms with Crippen molar-refractivity contribution in [3.8, 4) is 45.6 Å². The number of benzene rings is 3. The van der Waals surface area contributed by atoms with Crippen LogP contribution in [-0.2, 0) is 0 Å². The highest BCUT2D eigenvalue weighted by molar-refractivity contribution is 7.15. The molecule has 0 fully saturated rings. The fraction of sp³-hybridized carbons (Fsp3) is 0.212. The van der Waals surface area contributed by atoms with E-state index in [4.69, 9.17) is 19.3 Å². The zero-order valence-electron chi connectivity index (χ0n) is 23.6. The lowest BCUT2D eigenvalue weighted by molar-refractivity contribution is 0.171. The van der Waals surface area contributed by atoms with Gasteiger partial charge in [-0.05, 0) is 67.1 Å². The molecule has 0 saturated heterocycles. The fourth-order valence-corrected chi connectivity index (χ4v) is 5.86. The Morgan fingerprint density at radius 1 is 0.930 bits per heavy atom. The molecule has 43 heavy (non-hydrogen) atoms. The molecule has 1 aliphatic heterocycles. The summed E-state index contributed by atoms with van der Waals surface area (Å²) in [4.78, 5) is 18.7. The molecular weight excluding hydrogens is 562 g/mol. The summed E-state index contributed by atoms with van der Waals surface area (Å²) < 4.78 is 21.0. The van der Waals surface area contributed by atoms with Crippen LogP contribution < -0.4 is 24.3 Å². The molecule has 0 N–H and O–H groups in total. The van der Waals surface area contributed by atoms with Crippen LogP contribution in [0.4, 0.5) is 0 Å². The van der Waals surface area contributed by atoms with E-state index in [1.807, 2.05) is 89.8 Å². The van der Waals surface area contributed by atoms with Gasteiger partial charge in [0.15, 0.2) is 17.3 Å². The number of hydrogen-bond donors (Lipinski definition) is 0. The van der Waals surface area contributed by atoms with Crippen molar-refractivity contribution in [3.05, 3.63) is 99.4 Å². The molecule has 9 nitrogen and oxygen atoms in total. The van der Waals surface area contributed by atoms with E-state index in [0.29, 0.717) is 46.6 Å². The number of thiazole rings is 1. The van der Waals surface area contributed by atoms with Crippen LogP contribution in [0.5, 0.6) is 17.2 Å². The van der Waals surface area contributed by atoms with E-state index in [1.54, 1.807) is 0 Å². The largest absolute Gasteiger partial charge is 0.494 e. The van der Waals surface area contributed by atoms with E-state index in [-0.39, 0.29) is 5.56 Å². The molecule has 6 aromatic rings. The number of fused-ring (bicyclic) bond motifs is 2. The number of nitrogens with zero attached hydrogens (tertiary/aromatic N) is 5. The Balaban J connectivity index is 1.23. The van der Waals surface area contributed by atoms with Crippen LogP contribution in [0, 0.1) is 0 Å². The van der Waals surface area contributed by atoms with Crippen molar-refractivity contribution in [1.82, 2.24) is 24.4 Å². The molecule has 0 aliphatic carbocycles. The summed E-state index contributed by atoms with van der Waals surface area (Å²) in [7, 11) is 0. The van der Waals surface area contributed by atoms with Crippen LogP contribution in [-0.4, -0.2) is 44.2 Å². The standard InChI is InChI=1S/C33H29N5O4S/c1-2-3-7-16-40-26-13-10-22(11-14-26)31-34-33-38(36-31)32(39)29(43-33)20-24-21-37(25-8-5-4-6-9-25)35-30(24)23-12-15-27-28(19-23)42-18-17-41-27/h4-6,8-15,19-21H,2-3,7,16-18H2,1H3. The first-order chi connectivity index (χ1) is 21.2. The zero-order valence-corrected chi connectivity index (χ0v) is 24.4. The third kappa shape index (κ3) is 5.49. The molecule has 0 radical (unpaired) electrons. The van der Waals surface area contributed by atoms with E-state index >= 15 is 0 Å². The van der Waals surface area contributed by atoms with Crippen molar-refractivity contribution >= 4 is 22.4 Å². The molecule has 0 unspecified atom stereocenters. The van der Waals surface area contributed by atoms with Gasteiger partial charge >= 0.3 is 0 Å². The average molecular weight is 592 g/mol. The second-order valence-electron chi connectivity index (χ2n) is 10.2.